The third kappa shape index (κ3) is 0.994. The molecule has 0 saturated carbocycles. The van der Waals surface area contributed by atoms with Gasteiger partial charge in [0.25, 0.3) is 0 Å². The first-order valence-electron chi connectivity index (χ1n) is 3.81. The summed E-state index contributed by atoms with van der Waals surface area (Å²) in [6.07, 6.45) is 0. The summed E-state index contributed by atoms with van der Waals surface area (Å²) in [5, 5.41) is 9.31. The molecule has 0 N–H and O–H groups in total. The van der Waals surface area contributed by atoms with Gasteiger partial charge in [0.15, 0.2) is 11.4 Å². The summed E-state index contributed by atoms with van der Waals surface area (Å²) in [6, 6.07) is 6.52. The minimum absolute atomic E-state index is 0.163. The van der Waals surface area contributed by atoms with Crippen molar-refractivity contribution in [3.63, 3.8) is 0 Å². The highest BCUT2D eigenvalue weighted by molar-refractivity contribution is 5.83. The summed E-state index contributed by atoms with van der Waals surface area (Å²) in [7, 11) is 0. The molecule has 0 aliphatic rings. The lowest BCUT2D eigenvalue weighted by Gasteiger charge is -1.88. The quantitative estimate of drug-likeness (QED) is 0.617. The highest BCUT2D eigenvalue weighted by Crippen LogP contribution is 2.26. The second kappa shape index (κ2) is 2.60. The molecule has 64 valence electrons. The summed E-state index contributed by atoms with van der Waals surface area (Å²) in [5.41, 5.74) is 0.855. The number of rotatable bonds is 0. The van der Waals surface area contributed by atoms with Crippen LogP contribution in [-0.4, -0.2) is 0 Å². The summed E-state index contributed by atoms with van der Waals surface area (Å²) in [6.45, 7) is 1.74. The van der Waals surface area contributed by atoms with E-state index in [9.17, 15) is 4.39 Å². The molecule has 1 aromatic carbocycles. The van der Waals surface area contributed by atoms with Crippen molar-refractivity contribution in [3.8, 4) is 6.07 Å². The first-order chi connectivity index (χ1) is 6.24. The smallest absolute Gasteiger partial charge is 0.207 e. The number of hydrogen-bond donors (Lipinski definition) is 0. The van der Waals surface area contributed by atoms with Crippen molar-refractivity contribution in [3.05, 3.63) is 35.3 Å². The van der Waals surface area contributed by atoms with Crippen LogP contribution in [0.1, 0.15) is 11.3 Å². The summed E-state index contributed by atoms with van der Waals surface area (Å²) < 4.78 is 18.2. The Kier molecular flexibility index (Phi) is 1.56. The number of hydrogen-bond acceptors (Lipinski definition) is 2. The van der Waals surface area contributed by atoms with Crippen molar-refractivity contribution < 1.29 is 8.81 Å². The molecular formula is C10H6FNO. The van der Waals surface area contributed by atoms with E-state index in [1.54, 1.807) is 19.1 Å². The molecule has 0 fully saturated rings. The predicted octanol–water partition coefficient (Wildman–Crippen LogP) is 2.75. The first kappa shape index (κ1) is 7.81. The van der Waals surface area contributed by atoms with Crippen LogP contribution in [0, 0.1) is 24.1 Å². The van der Waals surface area contributed by atoms with Gasteiger partial charge in [-0.15, -0.1) is 0 Å². The lowest BCUT2D eigenvalue weighted by atomic mass is 10.1. The Morgan fingerprint density at radius 1 is 1.46 bits per heavy atom. The molecule has 0 radical (unpaired) electrons. The lowest BCUT2D eigenvalue weighted by molar-refractivity contribution is 0.550. The van der Waals surface area contributed by atoms with Gasteiger partial charge < -0.3 is 4.42 Å². The van der Waals surface area contributed by atoms with Crippen molar-refractivity contribution in [2.24, 2.45) is 0 Å². The fraction of sp³-hybridized carbons (Fsp3) is 0.100. The molecule has 0 unspecified atom stereocenters. The number of nitriles is 1. The van der Waals surface area contributed by atoms with E-state index >= 15 is 0 Å². The van der Waals surface area contributed by atoms with Crippen molar-refractivity contribution in [2.45, 2.75) is 6.92 Å². The number of halogens is 1. The SMILES string of the molecule is Cc1c(C#N)oc2c(F)cccc12. The molecule has 0 aliphatic carbocycles. The maximum Gasteiger partial charge on any atom is 0.207 e. The molecular weight excluding hydrogens is 169 g/mol. The van der Waals surface area contributed by atoms with Gasteiger partial charge in [0.05, 0.1) is 0 Å². The lowest BCUT2D eigenvalue weighted by Crippen LogP contribution is -1.73. The second-order valence-corrected chi connectivity index (χ2v) is 2.78. The van der Waals surface area contributed by atoms with Gasteiger partial charge in [-0.2, -0.15) is 5.26 Å². The molecule has 0 spiro atoms. The van der Waals surface area contributed by atoms with Crippen LogP contribution in [0.3, 0.4) is 0 Å². The van der Waals surface area contributed by atoms with Gasteiger partial charge in [-0.05, 0) is 13.0 Å². The van der Waals surface area contributed by atoms with E-state index < -0.39 is 5.82 Å². The van der Waals surface area contributed by atoms with E-state index in [4.69, 9.17) is 9.68 Å². The van der Waals surface area contributed by atoms with Crippen LogP contribution in [-0.2, 0) is 0 Å². The van der Waals surface area contributed by atoms with Crippen LogP contribution in [0.25, 0.3) is 11.0 Å². The van der Waals surface area contributed by atoms with Crippen LogP contribution in [0.15, 0.2) is 22.6 Å². The highest BCUT2D eigenvalue weighted by Gasteiger charge is 2.12. The molecule has 0 atom stereocenters. The summed E-state index contributed by atoms with van der Waals surface area (Å²) >= 11 is 0. The molecule has 0 bridgehead atoms. The van der Waals surface area contributed by atoms with Crippen molar-refractivity contribution in [1.82, 2.24) is 0 Å². The van der Waals surface area contributed by atoms with Crippen LogP contribution >= 0.6 is 0 Å². The average Bonchev–Trinajstić information content (AvgIpc) is 2.45. The largest absolute Gasteiger partial charge is 0.442 e. The Labute approximate surface area is 74.2 Å². The topological polar surface area (TPSA) is 36.9 Å². The van der Waals surface area contributed by atoms with E-state index in [2.05, 4.69) is 0 Å². The van der Waals surface area contributed by atoms with E-state index in [0.29, 0.717) is 10.9 Å². The van der Waals surface area contributed by atoms with Gasteiger partial charge in [-0.1, -0.05) is 12.1 Å². The van der Waals surface area contributed by atoms with Crippen LogP contribution in [0.2, 0.25) is 0 Å². The number of benzene rings is 1. The molecule has 0 aliphatic heterocycles. The Morgan fingerprint density at radius 3 is 2.85 bits per heavy atom. The Hall–Kier alpha value is -1.82. The highest BCUT2D eigenvalue weighted by atomic mass is 19.1. The normalized spacial score (nSPS) is 10.2. The zero-order valence-corrected chi connectivity index (χ0v) is 6.97. The second-order valence-electron chi connectivity index (χ2n) is 2.78. The number of para-hydroxylation sites is 1. The maximum atomic E-state index is 13.1. The van der Waals surface area contributed by atoms with Crippen molar-refractivity contribution in [2.75, 3.05) is 0 Å². The molecule has 1 heterocycles. The fourth-order valence-corrected chi connectivity index (χ4v) is 1.32. The van der Waals surface area contributed by atoms with Crippen molar-refractivity contribution >= 4 is 11.0 Å². The third-order valence-corrected chi connectivity index (χ3v) is 2.02. The maximum absolute atomic E-state index is 13.1. The van der Waals surface area contributed by atoms with Crippen LogP contribution in [0.4, 0.5) is 4.39 Å². The predicted molar refractivity (Wildman–Crippen MR) is 45.6 cm³/mol. The minimum Gasteiger partial charge on any atom is -0.442 e. The molecule has 2 nitrogen and oxygen atoms in total. The zero-order chi connectivity index (χ0) is 9.42. The van der Waals surface area contributed by atoms with Crippen molar-refractivity contribution in [1.29, 1.82) is 5.26 Å². The zero-order valence-electron chi connectivity index (χ0n) is 6.97. The molecule has 2 aromatic rings. The van der Waals surface area contributed by atoms with E-state index in [-0.39, 0.29) is 11.3 Å². The molecule has 3 heteroatoms. The Bertz CT molecular complexity index is 507. The Morgan fingerprint density at radius 2 is 2.23 bits per heavy atom. The van der Waals surface area contributed by atoms with E-state index in [1.165, 1.54) is 6.07 Å². The minimum atomic E-state index is -0.429. The van der Waals surface area contributed by atoms with Crippen LogP contribution in [0.5, 0.6) is 0 Å². The van der Waals surface area contributed by atoms with E-state index in [1.807, 2.05) is 6.07 Å². The van der Waals surface area contributed by atoms with Gasteiger partial charge in [0, 0.05) is 10.9 Å². The molecule has 0 saturated heterocycles. The average molecular weight is 175 g/mol. The number of aryl methyl sites for hydroxylation is 1. The molecule has 0 amide bonds. The number of fused-ring (bicyclic) bond motifs is 1. The fourth-order valence-electron chi connectivity index (χ4n) is 1.32. The van der Waals surface area contributed by atoms with Gasteiger partial charge in [-0.3, -0.25) is 0 Å². The summed E-state index contributed by atoms with van der Waals surface area (Å²) in [4.78, 5) is 0. The van der Waals surface area contributed by atoms with Crippen LogP contribution < -0.4 is 0 Å². The third-order valence-electron chi connectivity index (χ3n) is 2.02. The summed E-state index contributed by atoms with van der Waals surface area (Å²) in [5.74, 6) is -0.248. The van der Waals surface area contributed by atoms with Gasteiger partial charge in [0.2, 0.25) is 5.76 Å². The van der Waals surface area contributed by atoms with Gasteiger partial charge >= 0.3 is 0 Å². The Balaban J connectivity index is 2.94. The first-order valence-corrected chi connectivity index (χ1v) is 3.81. The van der Waals surface area contributed by atoms with E-state index in [0.717, 1.165) is 0 Å². The molecule has 2 rings (SSSR count). The monoisotopic (exact) mass is 175 g/mol. The molecule has 13 heavy (non-hydrogen) atoms. The number of nitrogens with zero attached hydrogens (tertiary/aromatic N) is 1. The van der Waals surface area contributed by atoms with Gasteiger partial charge in [0.1, 0.15) is 6.07 Å². The molecule has 1 aromatic heterocycles. The van der Waals surface area contributed by atoms with Gasteiger partial charge in [-0.25, -0.2) is 4.39 Å². The standard InChI is InChI=1S/C10H6FNO/c1-6-7-3-2-4-8(11)10(7)13-9(6)5-12/h2-4H,1H3. The number of furan rings is 1.